The van der Waals surface area contributed by atoms with Crippen molar-refractivity contribution in [2.75, 3.05) is 20.1 Å². The van der Waals surface area contributed by atoms with Crippen LogP contribution in [0.5, 0.6) is 0 Å². The molecule has 0 bridgehead atoms. The van der Waals surface area contributed by atoms with Gasteiger partial charge in [0, 0.05) is 12.6 Å². The molecule has 0 spiro atoms. The molecule has 1 aromatic rings. The number of hydrogen-bond donors (Lipinski definition) is 1. The monoisotopic (exact) mass is 232 g/mol. The highest BCUT2D eigenvalue weighted by atomic mass is 15.1. The first-order chi connectivity index (χ1) is 8.25. The first-order valence-electron chi connectivity index (χ1n) is 6.74. The van der Waals surface area contributed by atoms with Gasteiger partial charge in [0.15, 0.2) is 0 Å². The first kappa shape index (κ1) is 12.6. The van der Waals surface area contributed by atoms with Gasteiger partial charge in [0.25, 0.3) is 0 Å². The van der Waals surface area contributed by atoms with Crippen LogP contribution in [0.2, 0.25) is 0 Å². The van der Waals surface area contributed by atoms with Crippen LogP contribution < -0.4 is 5.73 Å². The third-order valence-corrected chi connectivity index (χ3v) is 3.70. The molecule has 1 aromatic carbocycles. The van der Waals surface area contributed by atoms with Crippen molar-refractivity contribution in [2.45, 2.75) is 31.7 Å². The van der Waals surface area contributed by atoms with Crippen LogP contribution in [0.15, 0.2) is 30.3 Å². The van der Waals surface area contributed by atoms with Gasteiger partial charge in [-0.25, -0.2) is 0 Å². The van der Waals surface area contributed by atoms with Crippen molar-refractivity contribution in [3.63, 3.8) is 0 Å². The highest BCUT2D eigenvalue weighted by Gasteiger charge is 2.27. The second-order valence-corrected chi connectivity index (χ2v) is 5.33. The maximum atomic E-state index is 6.11. The lowest BCUT2D eigenvalue weighted by molar-refractivity contribution is 0.315. The fourth-order valence-electron chi connectivity index (χ4n) is 2.21. The molecule has 0 saturated heterocycles. The lowest BCUT2D eigenvalue weighted by Gasteiger charge is -2.19. The maximum Gasteiger partial charge on any atom is 0.00793 e. The van der Waals surface area contributed by atoms with Crippen molar-refractivity contribution in [3.05, 3.63) is 35.9 Å². The van der Waals surface area contributed by atoms with Gasteiger partial charge in [-0.05, 0) is 50.8 Å². The van der Waals surface area contributed by atoms with E-state index in [-0.39, 0.29) is 0 Å². The summed E-state index contributed by atoms with van der Waals surface area (Å²) in [7, 11) is 2.20. The molecule has 2 heteroatoms. The van der Waals surface area contributed by atoms with Crippen molar-refractivity contribution >= 4 is 0 Å². The van der Waals surface area contributed by atoms with Crippen molar-refractivity contribution in [3.8, 4) is 0 Å². The Kier molecular flexibility index (Phi) is 4.57. The van der Waals surface area contributed by atoms with Gasteiger partial charge in [0.1, 0.15) is 0 Å². The summed E-state index contributed by atoms with van der Waals surface area (Å²) in [6, 6.07) is 11.1. The van der Waals surface area contributed by atoms with E-state index >= 15 is 0 Å². The van der Waals surface area contributed by atoms with Crippen molar-refractivity contribution < 1.29 is 0 Å². The summed E-state index contributed by atoms with van der Waals surface area (Å²) in [6.45, 7) is 2.26. The van der Waals surface area contributed by atoms with Gasteiger partial charge in [-0.1, -0.05) is 30.3 Å². The molecule has 0 amide bonds. The smallest absolute Gasteiger partial charge is 0.00793 e. The minimum absolute atomic E-state index is 0.439. The zero-order chi connectivity index (χ0) is 12.1. The second-order valence-electron chi connectivity index (χ2n) is 5.33. The highest BCUT2D eigenvalue weighted by molar-refractivity contribution is 5.14. The van der Waals surface area contributed by atoms with E-state index in [9.17, 15) is 0 Å². The maximum absolute atomic E-state index is 6.11. The molecule has 1 saturated carbocycles. The fraction of sp³-hybridized carbons (Fsp3) is 0.600. The quantitative estimate of drug-likeness (QED) is 0.781. The Balaban J connectivity index is 1.61. The largest absolute Gasteiger partial charge is 0.327 e. The molecule has 2 rings (SSSR count). The van der Waals surface area contributed by atoms with E-state index in [2.05, 4.69) is 42.3 Å². The molecule has 17 heavy (non-hydrogen) atoms. The van der Waals surface area contributed by atoms with Gasteiger partial charge in [0.2, 0.25) is 0 Å². The minimum atomic E-state index is 0.439. The van der Waals surface area contributed by atoms with Crippen molar-refractivity contribution in [2.24, 2.45) is 11.7 Å². The van der Waals surface area contributed by atoms with Crippen LogP contribution in [-0.4, -0.2) is 31.1 Å². The summed E-state index contributed by atoms with van der Waals surface area (Å²) in [5, 5.41) is 0. The van der Waals surface area contributed by atoms with E-state index in [0.29, 0.717) is 6.04 Å². The number of rotatable bonds is 7. The molecule has 94 valence electrons. The van der Waals surface area contributed by atoms with Gasteiger partial charge < -0.3 is 10.6 Å². The molecule has 0 aliphatic heterocycles. The Hall–Kier alpha value is -0.860. The molecule has 2 N–H and O–H groups in total. The lowest BCUT2D eigenvalue weighted by Crippen LogP contribution is -2.30. The summed E-state index contributed by atoms with van der Waals surface area (Å²) < 4.78 is 0. The number of nitrogens with zero attached hydrogens (tertiary/aromatic N) is 1. The van der Waals surface area contributed by atoms with E-state index in [1.54, 1.807) is 0 Å². The molecular weight excluding hydrogens is 208 g/mol. The topological polar surface area (TPSA) is 29.3 Å². The van der Waals surface area contributed by atoms with Gasteiger partial charge in [-0.3, -0.25) is 0 Å². The van der Waals surface area contributed by atoms with Gasteiger partial charge >= 0.3 is 0 Å². The molecule has 1 aliphatic carbocycles. The predicted octanol–water partition coefficient (Wildman–Crippen LogP) is 2.29. The summed E-state index contributed by atoms with van der Waals surface area (Å²) in [5.41, 5.74) is 7.53. The Labute approximate surface area is 105 Å². The lowest BCUT2D eigenvalue weighted by atomic mass is 10.1. The van der Waals surface area contributed by atoms with Crippen LogP contribution in [0.4, 0.5) is 0 Å². The van der Waals surface area contributed by atoms with Gasteiger partial charge in [-0.15, -0.1) is 0 Å². The molecule has 0 radical (unpaired) electrons. The molecule has 0 aromatic heterocycles. The number of likely N-dealkylation sites (N-methyl/N-ethyl adjacent to an activating group) is 1. The van der Waals surface area contributed by atoms with Gasteiger partial charge in [-0.2, -0.15) is 0 Å². The average Bonchev–Trinajstić information content (AvgIpc) is 3.19. The predicted molar refractivity (Wildman–Crippen MR) is 73.0 cm³/mol. The zero-order valence-electron chi connectivity index (χ0n) is 10.8. The Bertz CT molecular complexity index is 319. The van der Waals surface area contributed by atoms with Crippen molar-refractivity contribution in [1.29, 1.82) is 0 Å². The molecule has 0 heterocycles. The Morgan fingerprint density at radius 3 is 2.59 bits per heavy atom. The van der Waals surface area contributed by atoms with E-state index in [1.165, 1.54) is 18.4 Å². The van der Waals surface area contributed by atoms with E-state index < -0.39 is 0 Å². The molecule has 1 atom stereocenters. The fourth-order valence-corrected chi connectivity index (χ4v) is 2.21. The first-order valence-corrected chi connectivity index (χ1v) is 6.74. The zero-order valence-corrected chi connectivity index (χ0v) is 10.8. The van der Waals surface area contributed by atoms with E-state index in [1.807, 2.05) is 0 Å². The van der Waals surface area contributed by atoms with Crippen LogP contribution in [0.25, 0.3) is 0 Å². The Morgan fingerprint density at radius 2 is 1.94 bits per heavy atom. The standard InChI is InChI=1S/C15H24N2/c1-17(12-10-15(16)14-7-8-14)11-9-13-5-3-2-4-6-13/h2-6,14-15H,7-12,16H2,1H3. The van der Waals surface area contributed by atoms with Gasteiger partial charge in [0.05, 0.1) is 0 Å². The van der Waals surface area contributed by atoms with Crippen LogP contribution in [0.1, 0.15) is 24.8 Å². The number of nitrogens with two attached hydrogens (primary N) is 1. The number of hydrogen-bond acceptors (Lipinski definition) is 2. The minimum Gasteiger partial charge on any atom is -0.327 e. The van der Waals surface area contributed by atoms with Crippen LogP contribution in [0, 0.1) is 5.92 Å². The SMILES string of the molecule is CN(CCc1ccccc1)CCC(N)C1CC1. The summed E-state index contributed by atoms with van der Waals surface area (Å²) in [6.07, 6.45) is 5.00. The normalized spacial score (nSPS) is 17.4. The molecule has 1 fully saturated rings. The molecule has 1 aliphatic rings. The van der Waals surface area contributed by atoms with Crippen molar-refractivity contribution in [1.82, 2.24) is 4.90 Å². The summed E-state index contributed by atoms with van der Waals surface area (Å²) in [5.74, 6) is 0.831. The van der Waals surface area contributed by atoms with E-state index in [0.717, 1.165) is 31.8 Å². The van der Waals surface area contributed by atoms with E-state index in [4.69, 9.17) is 5.73 Å². The summed E-state index contributed by atoms with van der Waals surface area (Å²) >= 11 is 0. The third-order valence-electron chi connectivity index (χ3n) is 3.70. The molecule has 2 nitrogen and oxygen atoms in total. The summed E-state index contributed by atoms with van der Waals surface area (Å²) in [4.78, 5) is 2.40. The Morgan fingerprint density at radius 1 is 1.24 bits per heavy atom. The molecular formula is C15H24N2. The van der Waals surface area contributed by atoms with Crippen LogP contribution in [-0.2, 0) is 6.42 Å². The number of benzene rings is 1. The van der Waals surface area contributed by atoms with Crippen LogP contribution >= 0.6 is 0 Å². The highest BCUT2D eigenvalue weighted by Crippen LogP contribution is 2.32. The third kappa shape index (κ3) is 4.49. The average molecular weight is 232 g/mol. The van der Waals surface area contributed by atoms with Crippen LogP contribution in [0.3, 0.4) is 0 Å². The second kappa shape index (κ2) is 6.18. The molecule has 1 unspecified atom stereocenters.